The first-order valence-corrected chi connectivity index (χ1v) is 32.6. The van der Waals surface area contributed by atoms with Gasteiger partial charge in [0.15, 0.2) is 24.6 Å². The third-order valence-electron chi connectivity index (χ3n) is 14.8. The van der Waals surface area contributed by atoms with Gasteiger partial charge in [-0.05, 0) is 103 Å². The maximum Gasteiger partial charge on any atom is 0.335 e. The molecule has 6 atom stereocenters. The maximum absolute atomic E-state index is 13.2. The SMILES string of the molecule is CCCCC/C=C\C/C=C\CCCCCCCCCCCC(=O)OCC(COC1OC(C(=O)O)C(O)C(O)C1OC(=O)CCCCCCCCC/C=C\CCCCCCCC)OC(=O)CCCCCCC/C=C\CCCCCC. The van der Waals surface area contributed by atoms with Crippen LogP contribution in [0.3, 0.4) is 0 Å². The van der Waals surface area contributed by atoms with Gasteiger partial charge in [0.1, 0.15) is 18.8 Å². The van der Waals surface area contributed by atoms with Crippen LogP contribution in [0, 0.1) is 0 Å². The van der Waals surface area contributed by atoms with Crippen LogP contribution in [0.25, 0.3) is 0 Å². The molecule has 0 aromatic carbocycles. The average Bonchev–Trinajstić information content (AvgIpc) is 3.47. The van der Waals surface area contributed by atoms with Gasteiger partial charge in [0.05, 0.1) is 6.61 Å². The highest BCUT2D eigenvalue weighted by Crippen LogP contribution is 2.27. The van der Waals surface area contributed by atoms with E-state index in [1.807, 2.05) is 0 Å². The molecule has 0 aromatic rings. The molecule has 12 nitrogen and oxygen atoms in total. The topological polar surface area (TPSA) is 175 Å². The lowest BCUT2D eigenvalue weighted by atomic mass is 9.98. The van der Waals surface area contributed by atoms with E-state index in [9.17, 15) is 34.5 Å². The molecule has 6 unspecified atom stereocenters. The summed E-state index contributed by atoms with van der Waals surface area (Å²) in [6, 6.07) is 0. The molecule has 79 heavy (non-hydrogen) atoms. The van der Waals surface area contributed by atoms with Crippen molar-refractivity contribution in [2.45, 2.75) is 340 Å². The van der Waals surface area contributed by atoms with Crippen LogP contribution < -0.4 is 0 Å². The van der Waals surface area contributed by atoms with Gasteiger partial charge in [-0.2, -0.15) is 0 Å². The van der Waals surface area contributed by atoms with E-state index in [1.165, 1.54) is 141 Å². The molecule has 0 spiro atoms. The summed E-state index contributed by atoms with van der Waals surface area (Å²) in [6.45, 7) is 5.97. The van der Waals surface area contributed by atoms with E-state index in [0.29, 0.717) is 19.3 Å². The number of aliphatic carboxylic acids is 1. The Balaban J connectivity index is 2.64. The Morgan fingerprint density at radius 1 is 0.418 bits per heavy atom. The Kier molecular flexibility index (Phi) is 51.5. The van der Waals surface area contributed by atoms with Crippen molar-refractivity contribution in [1.82, 2.24) is 0 Å². The summed E-state index contributed by atoms with van der Waals surface area (Å²) in [7, 11) is 0. The third kappa shape index (κ3) is 45.0. The molecule has 1 saturated heterocycles. The molecule has 0 saturated carbocycles. The largest absolute Gasteiger partial charge is 0.479 e. The average molecular weight is 1120 g/mol. The Morgan fingerprint density at radius 2 is 0.759 bits per heavy atom. The summed E-state index contributed by atoms with van der Waals surface area (Å²) < 4.78 is 28.5. The van der Waals surface area contributed by atoms with Crippen LogP contribution in [0.5, 0.6) is 0 Å². The summed E-state index contributed by atoms with van der Waals surface area (Å²) in [4.78, 5) is 51.3. The molecule has 0 bridgehead atoms. The second-order valence-corrected chi connectivity index (χ2v) is 22.4. The van der Waals surface area contributed by atoms with E-state index in [0.717, 1.165) is 103 Å². The van der Waals surface area contributed by atoms with Gasteiger partial charge in [-0.3, -0.25) is 14.4 Å². The summed E-state index contributed by atoms with van der Waals surface area (Å²) in [6.07, 6.45) is 54.9. The number of aliphatic hydroxyl groups is 2. The Labute approximate surface area is 482 Å². The fourth-order valence-corrected chi connectivity index (χ4v) is 9.80. The van der Waals surface area contributed by atoms with E-state index in [1.54, 1.807) is 0 Å². The predicted molar refractivity (Wildman–Crippen MR) is 322 cm³/mol. The Morgan fingerprint density at radius 3 is 1.19 bits per heavy atom. The zero-order valence-electron chi connectivity index (χ0n) is 50.6. The van der Waals surface area contributed by atoms with Crippen LogP contribution in [0.4, 0.5) is 0 Å². The number of esters is 3. The third-order valence-corrected chi connectivity index (χ3v) is 14.8. The van der Waals surface area contributed by atoms with Crippen LogP contribution in [-0.4, -0.2) is 89.2 Å². The molecule has 0 radical (unpaired) electrons. The fraction of sp³-hybridized carbons (Fsp3) is 0.821. The minimum absolute atomic E-state index is 0.0560. The van der Waals surface area contributed by atoms with E-state index in [-0.39, 0.29) is 25.9 Å². The number of unbranched alkanes of at least 4 members (excludes halogenated alkanes) is 34. The zero-order valence-corrected chi connectivity index (χ0v) is 50.6. The fourth-order valence-electron chi connectivity index (χ4n) is 9.80. The van der Waals surface area contributed by atoms with Crippen molar-refractivity contribution in [3.63, 3.8) is 0 Å². The van der Waals surface area contributed by atoms with E-state index in [2.05, 4.69) is 69.4 Å². The van der Waals surface area contributed by atoms with Crippen LogP contribution in [-0.2, 0) is 42.9 Å². The number of hydrogen-bond acceptors (Lipinski definition) is 11. The number of ether oxygens (including phenoxy) is 5. The number of aliphatic hydroxyl groups excluding tert-OH is 2. The van der Waals surface area contributed by atoms with Gasteiger partial charge in [0.2, 0.25) is 0 Å². The lowest BCUT2D eigenvalue weighted by molar-refractivity contribution is -0.301. The van der Waals surface area contributed by atoms with Gasteiger partial charge in [-0.15, -0.1) is 0 Å². The molecule has 3 N–H and O–H groups in total. The van der Waals surface area contributed by atoms with E-state index in [4.69, 9.17) is 23.7 Å². The number of allylic oxidation sites excluding steroid dienone is 8. The highest BCUT2D eigenvalue weighted by molar-refractivity contribution is 5.74. The molecule has 458 valence electrons. The van der Waals surface area contributed by atoms with Gasteiger partial charge in [-0.25, -0.2) is 4.79 Å². The summed E-state index contributed by atoms with van der Waals surface area (Å²) in [5.74, 6) is -3.12. The monoisotopic (exact) mass is 1110 g/mol. The molecule has 1 aliphatic heterocycles. The molecule has 1 heterocycles. The minimum Gasteiger partial charge on any atom is -0.479 e. The molecular weight excluding hydrogens is 997 g/mol. The first kappa shape index (κ1) is 73.7. The van der Waals surface area contributed by atoms with Crippen molar-refractivity contribution in [1.29, 1.82) is 0 Å². The summed E-state index contributed by atoms with van der Waals surface area (Å²) in [5.41, 5.74) is 0. The molecule has 0 aromatic heterocycles. The van der Waals surface area contributed by atoms with Crippen LogP contribution >= 0.6 is 0 Å². The predicted octanol–water partition coefficient (Wildman–Crippen LogP) is 17.3. The maximum atomic E-state index is 13.2. The van der Waals surface area contributed by atoms with Gasteiger partial charge >= 0.3 is 23.9 Å². The molecule has 1 rings (SSSR count). The highest BCUT2D eigenvalue weighted by atomic mass is 16.7. The standard InChI is InChI=1S/C67H118O12/c1-4-7-10-13-16-19-22-25-27-29-30-32-33-36-38-41-44-47-50-53-59(68)75-56-58(77-60(69)54-51-48-45-42-39-35-24-21-18-15-12-9-6-3)57-76-67-65(63(72)62(71)64(79-67)66(73)74)78-61(70)55-52-49-46-43-40-37-34-31-28-26-23-20-17-14-11-8-5-2/h16,19,21,24-28,58,62-65,67,71-72H,4-15,17-18,20,22-23,29-57H2,1-3H3,(H,73,74)/b19-16-,24-21-,27-25-,28-26-. The van der Waals surface area contributed by atoms with Crippen LogP contribution in [0.15, 0.2) is 48.6 Å². The van der Waals surface area contributed by atoms with E-state index >= 15 is 0 Å². The zero-order chi connectivity index (χ0) is 57.5. The van der Waals surface area contributed by atoms with Gasteiger partial charge in [0, 0.05) is 19.3 Å². The second-order valence-electron chi connectivity index (χ2n) is 22.4. The first-order chi connectivity index (χ1) is 38.6. The number of carbonyl (C=O) groups is 4. The number of rotatable bonds is 56. The molecule has 0 aliphatic carbocycles. The van der Waals surface area contributed by atoms with Crippen molar-refractivity contribution < 1.29 is 58.2 Å². The molecule has 0 amide bonds. The van der Waals surface area contributed by atoms with Gasteiger partial charge < -0.3 is 39.0 Å². The molecule has 1 fully saturated rings. The lowest BCUT2D eigenvalue weighted by Gasteiger charge is -2.40. The van der Waals surface area contributed by atoms with E-state index < -0.39 is 67.3 Å². The Bertz CT molecular complexity index is 1560. The quantitative estimate of drug-likeness (QED) is 0.0228. The van der Waals surface area contributed by atoms with Crippen molar-refractivity contribution in [3.05, 3.63) is 48.6 Å². The van der Waals surface area contributed by atoms with Gasteiger partial charge in [-0.1, -0.05) is 230 Å². The Hall–Kier alpha value is -3.32. The minimum atomic E-state index is -1.91. The normalized spacial score (nSPS) is 18.1. The van der Waals surface area contributed by atoms with Crippen molar-refractivity contribution in [2.75, 3.05) is 13.2 Å². The lowest BCUT2D eigenvalue weighted by Crippen LogP contribution is -2.61. The molecule has 1 aliphatic rings. The van der Waals surface area contributed by atoms with Crippen molar-refractivity contribution in [3.8, 4) is 0 Å². The van der Waals surface area contributed by atoms with Crippen molar-refractivity contribution >= 4 is 23.9 Å². The van der Waals surface area contributed by atoms with Crippen molar-refractivity contribution in [2.24, 2.45) is 0 Å². The number of carboxylic acids is 1. The number of carbonyl (C=O) groups excluding carboxylic acids is 3. The number of hydrogen-bond donors (Lipinski definition) is 3. The smallest absolute Gasteiger partial charge is 0.335 e. The van der Waals surface area contributed by atoms with Gasteiger partial charge in [0.25, 0.3) is 0 Å². The highest BCUT2D eigenvalue weighted by Gasteiger charge is 2.50. The first-order valence-electron chi connectivity index (χ1n) is 32.6. The summed E-state index contributed by atoms with van der Waals surface area (Å²) >= 11 is 0. The summed E-state index contributed by atoms with van der Waals surface area (Å²) in [5, 5.41) is 31.6. The molecule has 12 heteroatoms. The molecular formula is C67H118O12. The van der Waals surface area contributed by atoms with Crippen LogP contribution in [0.2, 0.25) is 0 Å². The number of carboxylic acid groups (broad SMARTS) is 1. The second kappa shape index (κ2) is 55.2. The van der Waals surface area contributed by atoms with Crippen LogP contribution in [0.1, 0.15) is 303 Å².